The van der Waals surface area contributed by atoms with Crippen molar-refractivity contribution in [2.24, 2.45) is 0 Å². The summed E-state index contributed by atoms with van der Waals surface area (Å²) in [6.45, 7) is 0.660. The fraction of sp³-hybridized carbons (Fsp3) is 0.692. The highest BCUT2D eigenvalue weighted by molar-refractivity contribution is 7.91. The Morgan fingerprint density at radius 1 is 1.33 bits per heavy atom. The first kappa shape index (κ1) is 15.7. The third-order valence-electron chi connectivity index (χ3n) is 3.84. The monoisotopic (exact) mass is 351 g/mol. The second-order valence-electron chi connectivity index (χ2n) is 5.43. The molecule has 0 radical (unpaired) electrons. The van der Waals surface area contributed by atoms with Gasteiger partial charge in [0.1, 0.15) is 4.21 Å². The van der Waals surface area contributed by atoms with Crippen LogP contribution in [-0.2, 0) is 19.5 Å². The lowest BCUT2D eigenvalue weighted by Crippen LogP contribution is -2.37. The molecule has 5 nitrogen and oxygen atoms in total. The molecule has 8 heteroatoms. The Bertz CT molecular complexity index is 595. The van der Waals surface area contributed by atoms with Crippen LogP contribution in [0.4, 0.5) is 0 Å². The molecule has 1 N–H and O–H groups in total. The molecule has 2 heterocycles. The molecule has 0 aromatic carbocycles. The van der Waals surface area contributed by atoms with Gasteiger partial charge in [0.05, 0.1) is 17.0 Å². The van der Waals surface area contributed by atoms with Gasteiger partial charge in [-0.05, 0) is 25.0 Å². The smallest absolute Gasteiger partial charge is 0.250 e. The zero-order chi connectivity index (χ0) is 14.9. The Morgan fingerprint density at radius 2 is 2.10 bits per heavy atom. The molecular weight excluding hydrogens is 334 g/mol. The van der Waals surface area contributed by atoms with Crippen LogP contribution in [0.25, 0.3) is 0 Å². The maximum Gasteiger partial charge on any atom is 0.250 e. The standard InChI is InChI=1S/C13H18ClNO4S2/c14-11-4-5-12(20-11)21(16,17)15-8-10-9-18-13(19-10)6-2-1-3-7-13/h4-5,10,15H,1-3,6-9H2/t10-/m0/s1. The van der Waals surface area contributed by atoms with Crippen molar-refractivity contribution in [3.05, 3.63) is 16.5 Å². The summed E-state index contributed by atoms with van der Waals surface area (Å²) in [4.78, 5) is 0. The van der Waals surface area contributed by atoms with E-state index in [-0.39, 0.29) is 16.9 Å². The van der Waals surface area contributed by atoms with E-state index in [4.69, 9.17) is 21.1 Å². The van der Waals surface area contributed by atoms with Crippen LogP contribution in [0.2, 0.25) is 4.34 Å². The number of nitrogens with one attached hydrogen (secondary N) is 1. The summed E-state index contributed by atoms with van der Waals surface area (Å²) in [5, 5.41) is 0. The summed E-state index contributed by atoms with van der Waals surface area (Å²) in [5.74, 6) is -0.472. The molecule has 118 valence electrons. The van der Waals surface area contributed by atoms with Gasteiger partial charge in [-0.15, -0.1) is 11.3 Å². The van der Waals surface area contributed by atoms with E-state index in [9.17, 15) is 8.42 Å². The molecule has 2 aliphatic rings. The third-order valence-corrected chi connectivity index (χ3v) is 6.99. The van der Waals surface area contributed by atoms with Gasteiger partial charge in [0, 0.05) is 19.4 Å². The lowest BCUT2D eigenvalue weighted by molar-refractivity contribution is -0.186. The maximum absolute atomic E-state index is 12.1. The van der Waals surface area contributed by atoms with E-state index in [1.54, 1.807) is 6.07 Å². The van der Waals surface area contributed by atoms with E-state index in [0.29, 0.717) is 10.9 Å². The number of ether oxygens (including phenoxy) is 2. The van der Waals surface area contributed by atoms with Crippen LogP contribution >= 0.6 is 22.9 Å². The molecule has 1 aromatic heterocycles. The highest BCUT2D eigenvalue weighted by Gasteiger charge is 2.42. The SMILES string of the molecule is O=S(=O)(NC[C@H]1COC2(CCCCC2)O1)c1ccc(Cl)s1. The zero-order valence-electron chi connectivity index (χ0n) is 11.5. The lowest BCUT2D eigenvalue weighted by Gasteiger charge is -2.31. The minimum absolute atomic E-state index is 0.221. The predicted octanol–water partition coefficient (Wildman–Crippen LogP) is 2.76. The largest absolute Gasteiger partial charge is 0.347 e. The van der Waals surface area contributed by atoms with Crippen LogP contribution in [0.1, 0.15) is 32.1 Å². The summed E-state index contributed by atoms with van der Waals surface area (Å²) < 4.78 is 39.2. The van der Waals surface area contributed by atoms with Crippen LogP contribution in [0.3, 0.4) is 0 Å². The summed E-state index contributed by atoms with van der Waals surface area (Å²) in [6.07, 6.45) is 4.99. The van der Waals surface area contributed by atoms with E-state index in [1.165, 1.54) is 12.5 Å². The summed E-state index contributed by atoms with van der Waals surface area (Å²) in [5.41, 5.74) is 0. The molecule has 1 saturated carbocycles. The average Bonchev–Trinajstić information content (AvgIpc) is 3.06. The molecule has 1 aromatic rings. The molecule has 0 bridgehead atoms. The topological polar surface area (TPSA) is 64.6 Å². The van der Waals surface area contributed by atoms with E-state index in [1.807, 2.05) is 0 Å². The van der Waals surface area contributed by atoms with E-state index in [0.717, 1.165) is 37.0 Å². The van der Waals surface area contributed by atoms with Gasteiger partial charge in [0.25, 0.3) is 0 Å². The van der Waals surface area contributed by atoms with Crippen molar-refractivity contribution in [1.82, 2.24) is 4.72 Å². The van der Waals surface area contributed by atoms with Gasteiger partial charge in [0.15, 0.2) is 5.79 Å². The zero-order valence-corrected chi connectivity index (χ0v) is 13.9. The number of thiophene rings is 1. The Balaban J connectivity index is 1.56. The Labute approximate surface area is 133 Å². The molecule has 0 amide bonds. The van der Waals surface area contributed by atoms with Crippen LogP contribution < -0.4 is 4.72 Å². The minimum atomic E-state index is -3.52. The van der Waals surface area contributed by atoms with E-state index < -0.39 is 15.8 Å². The normalized spacial score (nSPS) is 25.5. The van der Waals surface area contributed by atoms with Crippen molar-refractivity contribution < 1.29 is 17.9 Å². The molecule has 0 unspecified atom stereocenters. The predicted molar refractivity (Wildman–Crippen MR) is 81.2 cm³/mol. The van der Waals surface area contributed by atoms with Gasteiger partial charge in [-0.25, -0.2) is 13.1 Å². The molecule has 21 heavy (non-hydrogen) atoms. The molecule has 1 spiro atoms. The van der Waals surface area contributed by atoms with Crippen LogP contribution in [0.15, 0.2) is 16.3 Å². The van der Waals surface area contributed by atoms with Gasteiger partial charge < -0.3 is 9.47 Å². The van der Waals surface area contributed by atoms with Crippen molar-refractivity contribution >= 4 is 33.0 Å². The lowest BCUT2D eigenvalue weighted by atomic mass is 9.94. The first-order valence-corrected chi connectivity index (χ1v) is 9.74. The van der Waals surface area contributed by atoms with Crippen LogP contribution in [0.5, 0.6) is 0 Å². The number of halogens is 1. The van der Waals surface area contributed by atoms with Gasteiger partial charge in [0.2, 0.25) is 10.0 Å². The molecule has 3 rings (SSSR count). The fourth-order valence-electron chi connectivity index (χ4n) is 2.79. The van der Waals surface area contributed by atoms with Crippen molar-refractivity contribution in [1.29, 1.82) is 0 Å². The summed E-state index contributed by atoms with van der Waals surface area (Å²) in [6, 6.07) is 3.08. The highest BCUT2D eigenvalue weighted by atomic mass is 35.5. The van der Waals surface area contributed by atoms with Crippen LogP contribution in [0, 0.1) is 0 Å². The number of rotatable bonds is 4. The molecule has 1 atom stereocenters. The highest BCUT2D eigenvalue weighted by Crippen LogP contribution is 2.37. The van der Waals surface area contributed by atoms with Crippen molar-refractivity contribution in [3.63, 3.8) is 0 Å². The minimum Gasteiger partial charge on any atom is -0.347 e. The number of sulfonamides is 1. The van der Waals surface area contributed by atoms with Gasteiger partial charge in [-0.2, -0.15) is 0 Å². The molecule has 1 aliphatic carbocycles. The quantitative estimate of drug-likeness (QED) is 0.905. The Kier molecular flexibility index (Phi) is 4.59. The van der Waals surface area contributed by atoms with Gasteiger partial charge in [-0.1, -0.05) is 18.0 Å². The van der Waals surface area contributed by atoms with E-state index in [2.05, 4.69) is 4.72 Å². The number of hydrogen-bond donors (Lipinski definition) is 1. The maximum atomic E-state index is 12.1. The fourth-order valence-corrected chi connectivity index (χ4v) is 5.38. The Morgan fingerprint density at radius 3 is 2.76 bits per heavy atom. The van der Waals surface area contributed by atoms with Crippen LogP contribution in [-0.4, -0.2) is 33.5 Å². The first-order chi connectivity index (χ1) is 9.99. The summed E-state index contributed by atoms with van der Waals surface area (Å²) in [7, 11) is -3.52. The van der Waals surface area contributed by atoms with Gasteiger partial charge in [-0.3, -0.25) is 0 Å². The molecular formula is C13H18ClNO4S2. The second-order valence-corrected chi connectivity index (χ2v) is 9.14. The first-order valence-electron chi connectivity index (χ1n) is 7.06. The number of hydrogen-bond acceptors (Lipinski definition) is 5. The van der Waals surface area contributed by atoms with Crippen molar-refractivity contribution in [3.8, 4) is 0 Å². The van der Waals surface area contributed by atoms with Gasteiger partial charge >= 0.3 is 0 Å². The summed E-state index contributed by atoms with van der Waals surface area (Å²) >= 11 is 6.81. The molecule has 2 fully saturated rings. The molecule has 1 aliphatic heterocycles. The Hall–Kier alpha value is -0.180. The van der Waals surface area contributed by atoms with Crippen molar-refractivity contribution in [2.75, 3.05) is 13.2 Å². The van der Waals surface area contributed by atoms with Crippen molar-refractivity contribution in [2.45, 2.75) is 48.2 Å². The average molecular weight is 352 g/mol. The molecule has 1 saturated heterocycles. The third kappa shape index (κ3) is 3.60. The second kappa shape index (κ2) is 6.14. The van der Waals surface area contributed by atoms with E-state index >= 15 is 0 Å².